The molecule has 1 aromatic rings. The van der Waals surface area contributed by atoms with Crippen molar-refractivity contribution in [1.82, 2.24) is 15.1 Å². The maximum atomic E-state index is 12.3. The van der Waals surface area contributed by atoms with Gasteiger partial charge in [-0.05, 0) is 37.6 Å². The van der Waals surface area contributed by atoms with E-state index in [0.717, 1.165) is 22.6 Å². The maximum absolute atomic E-state index is 12.3. The van der Waals surface area contributed by atoms with Gasteiger partial charge in [0.2, 0.25) is 0 Å². The molecule has 0 radical (unpaired) electrons. The number of likely N-dealkylation sites (N-methyl/N-ethyl adjacent to an activating group) is 1. The van der Waals surface area contributed by atoms with Crippen LogP contribution in [0.1, 0.15) is 11.1 Å². The highest BCUT2D eigenvalue weighted by molar-refractivity contribution is 6.31. The first-order valence-corrected chi connectivity index (χ1v) is 9.02. The Hall–Kier alpha value is -1.83. The van der Waals surface area contributed by atoms with Crippen LogP contribution >= 0.6 is 11.6 Å². The second-order valence-electron chi connectivity index (χ2n) is 6.59. The van der Waals surface area contributed by atoms with Crippen LogP contribution in [0.5, 0.6) is 0 Å². The normalized spacial score (nSPS) is 17.4. The predicted octanol–water partition coefficient (Wildman–Crippen LogP) is 1.62. The highest BCUT2D eigenvalue weighted by Crippen LogP contribution is 2.16. The molecule has 2 rings (SSSR count). The Balaban J connectivity index is 1.75. The molecular weight excluding hydrogens is 358 g/mol. The van der Waals surface area contributed by atoms with Crippen molar-refractivity contribution in [2.75, 3.05) is 46.4 Å². The lowest BCUT2D eigenvalue weighted by atomic mass is 10.1. The van der Waals surface area contributed by atoms with Crippen LogP contribution in [0.15, 0.2) is 18.2 Å². The molecule has 2 amide bonds. The zero-order chi connectivity index (χ0) is 19.1. The Morgan fingerprint density at radius 1 is 1.46 bits per heavy atom. The van der Waals surface area contributed by atoms with Gasteiger partial charge in [-0.2, -0.15) is 0 Å². The number of rotatable bonds is 7. The Morgan fingerprint density at radius 2 is 2.23 bits per heavy atom. The SMILES string of the molecule is Cc1cc(CCNC(=O)N2CCOC(CN(C)CC(=O)O)C2)ccc1Cl. The number of hydrogen-bond acceptors (Lipinski definition) is 4. The number of carboxylic acid groups (broad SMARTS) is 1. The van der Waals surface area contributed by atoms with Crippen LogP contribution in [-0.4, -0.2) is 79.4 Å². The van der Waals surface area contributed by atoms with Gasteiger partial charge in [-0.25, -0.2) is 4.79 Å². The van der Waals surface area contributed by atoms with E-state index in [4.69, 9.17) is 21.4 Å². The minimum atomic E-state index is -0.879. The molecular formula is C18H26ClN3O4. The van der Waals surface area contributed by atoms with Gasteiger partial charge in [-0.15, -0.1) is 0 Å². The van der Waals surface area contributed by atoms with E-state index >= 15 is 0 Å². The molecule has 26 heavy (non-hydrogen) atoms. The molecule has 1 unspecified atom stereocenters. The highest BCUT2D eigenvalue weighted by Gasteiger charge is 2.25. The molecule has 1 aliphatic heterocycles. The van der Waals surface area contributed by atoms with Crippen molar-refractivity contribution in [2.24, 2.45) is 0 Å². The first-order valence-electron chi connectivity index (χ1n) is 8.65. The van der Waals surface area contributed by atoms with Crippen LogP contribution in [0, 0.1) is 6.92 Å². The molecule has 7 nitrogen and oxygen atoms in total. The number of ether oxygens (including phenoxy) is 1. The number of carbonyl (C=O) groups is 2. The molecule has 8 heteroatoms. The summed E-state index contributed by atoms with van der Waals surface area (Å²) in [5, 5.41) is 12.5. The second kappa shape index (κ2) is 9.75. The van der Waals surface area contributed by atoms with E-state index in [1.54, 1.807) is 16.8 Å². The highest BCUT2D eigenvalue weighted by atomic mass is 35.5. The van der Waals surface area contributed by atoms with Gasteiger partial charge in [0.15, 0.2) is 0 Å². The number of hydrogen-bond donors (Lipinski definition) is 2. The number of carboxylic acids is 1. The molecule has 1 aliphatic rings. The van der Waals surface area contributed by atoms with Gasteiger partial charge < -0.3 is 20.1 Å². The van der Waals surface area contributed by atoms with E-state index in [1.807, 2.05) is 25.1 Å². The van der Waals surface area contributed by atoms with Crippen LogP contribution in [0.25, 0.3) is 0 Å². The maximum Gasteiger partial charge on any atom is 0.317 e. The van der Waals surface area contributed by atoms with E-state index in [2.05, 4.69) is 5.32 Å². The molecule has 0 aromatic heterocycles. The zero-order valence-corrected chi connectivity index (χ0v) is 16.0. The summed E-state index contributed by atoms with van der Waals surface area (Å²) >= 11 is 6.02. The Bertz CT molecular complexity index is 641. The summed E-state index contributed by atoms with van der Waals surface area (Å²) in [6.07, 6.45) is 0.552. The van der Waals surface area contributed by atoms with Crippen molar-refractivity contribution in [2.45, 2.75) is 19.4 Å². The van der Waals surface area contributed by atoms with Crippen LogP contribution < -0.4 is 5.32 Å². The third-order valence-electron chi connectivity index (χ3n) is 4.26. The first-order chi connectivity index (χ1) is 12.3. The lowest BCUT2D eigenvalue weighted by Gasteiger charge is -2.34. The Kier molecular flexibility index (Phi) is 7.68. The van der Waals surface area contributed by atoms with Crippen LogP contribution in [0.4, 0.5) is 4.79 Å². The number of amides is 2. The molecule has 1 aromatic carbocycles. The van der Waals surface area contributed by atoms with Crippen molar-refractivity contribution >= 4 is 23.6 Å². The van der Waals surface area contributed by atoms with Crippen molar-refractivity contribution in [1.29, 1.82) is 0 Å². The van der Waals surface area contributed by atoms with Gasteiger partial charge in [0, 0.05) is 31.2 Å². The van der Waals surface area contributed by atoms with Gasteiger partial charge in [-0.1, -0.05) is 23.7 Å². The predicted molar refractivity (Wildman–Crippen MR) is 99.7 cm³/mol. The summed E-state index contributed by atoms with van der Waals surface area (Å²) < 4.78 is 5.64. The molecule has 1 heterocycles. The van der Waals surface area contributed by atoms with E-state index in [9.17, 15) is 9.59 Å². The molecule has 0 spiro atoms. The third-order valence-corrected chi connectivity index (χ3v) is 4.68. The minimum absolute atomic E-state index is 0.0490. The quantitative estimate of drug-likeness (QED) is 0.747. The summed E-state index contributed by atoms with van der Waals surface area (Å²) in [4.78, 5) is 26.5. The molecule has 144 valence electrons. The zero-order valence-electron chi connectivity index (χ0n) is 15.2. The Morgan fingerprint density at radius 3 is 2.92 bits per heavy atom. The van der Waals surface area contributed by atoms with Gasteiger partial charge in [0.1, 0.15) is 0 Å². The molecule has 0 bridgehead atoms. The van der Waals surface area contributed by atoms with E-state index in [-0.39, 0.29) is 18.7 Å². The number of benzene rings is 1. The van der Waals surface area contributed by atoms with E-state index < -0.39 is 5.97 Å². The molecule has 0 aliphatic carbocycles. The van der Waals surface area contributed by atoms with E-state index in [1.165, 1.54) is 0 Å². The summed E-state index contributed by atoms with van der Waals surface area (Å²) in [6.45, 7) is 4.36. The fraction of sp³-hybridized carbons (Fsp3) is 0.556. The van der Waals surface area contributed by atoms with Crippen LogP contribution in [0.3, 0.4) is 0 Å². The average Bonchev–Trinajstić information content (AvgIpc) is 2.57. The van der Waals surface area contributed by atoms with Gasteiger partial charge >= 0.3 is 12.0 Å². The van der Waals surface area contributed by atoms with Crippen molar-refractivity contribution in [3.63, 3.8) is 0 Å². The fourth-order valence-corrected chi connectivity index (χ4v) is 3.06. The number of aryl methyl sites for hydroxylation is 1. The average molecular weight is 384 g/mol. The number of nitrogens with zero attached hydrogens (tertiary/aromatic N) is 2. The first kappa shape index (κ1) is 20.5. The summed E-state index contributed by atoms with van der Waals surface area (Å²) in [6, 6.07) is 5.74. The van der Waals surface area contributed by atoms with Gasteiger partial charge in [-0.3, -0.25) is 9.69 Å². The number of carbonyl (C=O) groups excluding carboxylic acids is 1. The lowest BCUT2D eigenvalue weighted by Crippen LogP contribution is -2.52. The van der Waals surface area contributed by atoms with Crippen LogP contribution in [-0.2, 0) is 16.0 Å². The minimum Gasteiger partial charge on any atom is -0.480 e. The molecule has 1 fully saturated rings. The van der Waals surface area contributed by atoms with Crippen molar-refractivity contribution in [3.05, 3.63) is 34.3 Å². The number of aliphatic carboxylic acids is 1. The third kappa shape index (κ3) is 6.48. The van der Waals surface area contributed by atoms with Crippen molar-refractivity contribution < 1.29 is 19.4 Å². The Labute approximate surface area is 158 Å². The lowest BCUT2D eigenvalue weighted by molar-refractivity contribution is -0.138. The van der Waals surface area contributed by atoms with Gasteiger partial charge in [0.25, 0.3) is 0 Å². The summed E-state index contributed by atoms with van der Waals surface area (Å²) in [5.41, 5.74) is 2.15. The number of urea groups is 1. The number of nitrogens with one attached hydrogen (secondary N) is 1. The summed E-state index contributed by atoms with van der Waals surface area (Å²) in [5.74, 6) is -0.879. The summed E-state index contributed by atoms with van der Waals surface area (Å²) in [7, 11) is 1.73. The van der Waals surface area contributed by atoms with E-state index in [0.29, 0.717) is 32.8 Å². The fourth-order valence-electron chi connectivity index (χ4n) is 2.95. The second-order valence-corrected chi connectivity index (χ2v) is 7.00. The molecule has 2 N–H and O–H groups in total. The monoisotopic (exact) mass is 383 g/mol. The standard InChI is InChI=1S/C18H26ClN3O4/c1-13-9-14(3-4-16(13)19)5-6-20-18(25)22-7-8-26-15(11-22)10-21(2)12-17(23)24/h3-4,9,15H,5-8,10-12H2,1-2H3,(H,20,25)(H,23,24). The molecule has 1 atom stereocenters. The van der Waals surface area contributed by atoms with Crippen LogP contribution in [0.2, 0.25) is 5.02 Å². The smallest absolute Gasteiger partial charge is 0.317 e. The number of morpholine rings is 1. The number of halogens is 1. The molecule has 1 saturated heterocycles. The molecule has 0 saturated carbocycles. The largest absolute Gasteiger partial charge is 0.480 e. The topological polar surface area (TPSA) is 82.1 Å². The van der Waals surface area contributed by atoms with Gasteiger partial charge in [0.05, 0.1) is 19.3 Å². The van der Waals surface area contributed by atoms with Crippen molar-refractivity contribution in [3.8, 4) is 0 Å².